The minimum absolute atomic E-state index is 0.0168. The molecule has 0 fully saturated rings. The second kappa shape index (κ2) is 23.0. The minimum Gasteiger partial charge on any atom is -0.544 e. The maximum Gasteiger partial charge on any atom is 0.305 e. The van der Waals surface area contributed by atoms with Gasteiger partial charge in [-0.1, -0.05) is 84.0 Å². The van der Waals surface area contributed by atoms with Gasteiger partial charge in [-0.3, -0.25) is 4.79 Å². The number of ether oxygens (including phenoxy) is 1. The van der Waals surface area contributed by atoms with Crippen molar-refractivity contribution in [2.75, 3.05) is 54.9 Å². The van der Waals surface area contributed by atoms with Crippen LogP contribution < -0.4 is 5.11 Å². The molecule has 32 heavy (non-hydrogen) atoms. The van der Waals surface area contributed by atoms with Crippen LogP contribution >= 0.6 is 0 Å². The summed E-state index contributed by atoms with van der Waals surface area (Å²) in [7, 11) is 9.48. The van der Waals surface area contributed by atoms with E-state index in [9.17, 15) is 14.7 Å². The van der Waals surface area contributed by atoms with Crippen molar-refractivity contribution >= 4 is 11.9 Å². The van der Waals surface area contributed by atoms with Crippen molar-refractivity contribution < 1.29 is 23.9 Å². The molecular weight excluding hydrogens is 404 g/mol. The molecule has 0 radical (unpaired) electrons. The average Bonchev–Trinajstić information content (AvgIpc) is 2.67. The van der Waals surface area contributed by atoms with Gasteiger partial charge in [0, 0.05) is 13.0 Å². The number of carboxylic acids is 1. The molecular formula is C26H54N2O4. The first-order valence-corrected chi connectivity index (χ1v) is 12.9. The number of likely N-dealkylation sites (N-methyl/N-ethyl adjacent to an activating group) is 1. The number of nitrogens with zero attached hydrogens (tertiary/aromatic N) is 2. The molecule has 0 bridgehead atoms. The van der Waals surface area contributed by atoms with Crippen LogP contribution in [0.4, 0.5) is 0 Å². The number of hydrogen-bond acceptors (Lipinski definition) is 5. The number of carbonyl (C=O) groups is 2. The molecule has 192 valence electrons. The number of aliphatic carboxylic acids is 1. The average molecular weight is 459 g/mol. The van der Waals surface area contributed by atoms with Gasteiger partial charge in [0.1, 0.15) is 6.54 Å². The van der Waals surface area contributed by atoms with Gasteiger partial charge < -0.3 is 24.0 Å². The summed E-state index contributed by atoms with van der Waals surface area (Å²) in [5.41, 5.74) is 0. The molecule has 0 saturated carbocycles. The Balaban J connectivity index is 0. The van der Waals surface area contributed by atoms with E-state index < -0.39 is 5.97 Å². The van der Waals surface area contributed by atoms with Gasteiger partial charge in [0.05, 0.1) is 33.7 Å². The summed E-state index contributed by atoms with van der Waals surface area (Å²) >= 11 is 0. The highest BCUT2D eigenvalue weighted by Gasteiger charge is 2.05. The van der Waals surface area contributed by atoms with E-state index in [1.54, 1.807) is 21.1 Å². The quantitative estimate of drug-likeness (QED) is 0.154. The minimum atomic E-state index is -1.00. The Morgan fingerprint density at radius 2 is 1.19 bits per heavy atom. The SMILES string of the molecule is CCCCCCCCCCCCCCCC(=O)OCCCN(C)C.C[N+](C)(C)CC(=O)[O-]. The van der Waals surface area contributed by atoms with Crippen molar-refractivity contribution in [2.45, 2.75) is 103 Å². The maximum absolute atomic E-state index is 11.6. The van der Waals surface area contributed by atoms with Gasteiger partial charge in [0.15, 0.2) is 0 Å². The lowest BCUT2D eigenvalue weighted by Gasteiger charge is -2.23. The molecule has 0 heterocycles. The summed E-state index contributed by atoms with van der Waals surface area (Å²) in [5, 5.41) is 9.89. The summed E-state index contributed by atoms with van der Waals surface area (Å²) in [6.45, 7) is 3.89. The van der Waals surface area contributed by atoms with Crippen LogP contribution in [0, 0.1) is 0 Å². The zero-order valence-electron chi connectivity index (χ0n) is 22.3. The first-order valence-electron chi connectivity index (χ1n) is 12.9. The number of rotatable bonds is 20. The first kappa shape index (κ1) is 33.0. The monoisotopic (exact) mass is 458 g/mol. The molecule has 0 N–H and O–H groups in total. The molecule has 0 amide bonds. The molecule has 0 aliphatic heterocycles. The lowest BCUT2D eigenvalue weighted by atomic mass is 10.0. The number of unbranched alkanes of at least 4 members (excludes halogenated alkanes) is 12. The van der Waals surface area contributed by atoms with Gasteiger partial charge in [-0.05, 0) is 26.9 Å². The van der Waals surface area contributed by atoms with Crippen molar-refractivity contribution in [3.63, 3.8) is 0 Å². The number of esters is 1. The molecule has 0 aliphatic rings. The van der Waals surface area contributed by atoms with E-state index in [1.165, 1.54) is 77.0 Å². The molecule has 0 aromatic carbocycles. The Hall–Kier alpha value is -1.14. The largest absolute Gasteiger partial charge is 0.544 e. The van der Waals surface area contributed by atoms with Crippen molar-refractivity contribution in [3.8, 4) is 0 Å². The van der Waals surface area contributed by atoms with Crippen LogP contribution in [0.5, 0.6) is 0 Å². The van der Waals surface area contributed by atoms with E-state index in [-0.39, 0.29) is 12.5 Å². The smallest absolute Gasteiger partial charge is 0.305 e. The fourth-order valence-corrected chi connectivity index (χ4v) is 3.31. The number of carboxylic acid groups (broad SMARTS) is 1. The van der Waals surface area contributed by atoms with Crippen LogP contribution in [-0.2, 0) is 14.3 Å². The van der Waals surface area contributed by atoms with Crippen LogP contribution in [0.3, 0.4) is 0 Å². The standard InChI is InChI=1S/C21H43NO2.C5H11NO2/c1-4-5-6-7-8-9-10-11-12-13-14-15-16-18-21(23)24-20-17-19-22(2)3;1-6(2,3)4-5(7)8/h4-20H2,1-3H3;4H2,1-3H3. The van der Waals surface area contributed by atoms with Crippen molar-refractivity contribution in [3.05, 3.63) is 0 Å². The van der Waals surface area contributed by atoms with Gasteiger partial charge in [0.2, 0.25) is 0 Å². The van der Waals surface area contributed by atoms with E-state index >= 15 is 0 Å². The van der Waals surface area contributed by atoms with E-state index in [4.69, 9.17) is 4.74 Å². The van der Waals surface area contributed by atoms with E-state index in [0.29, 0.717) is 17.5 Å². The summed E-state index contributed by atoms with van der Waals surface area (Å²) in [6.07, 6.45) is 18.9. The maximum atomic E-state index is 11.6. The molecule has 0 aliphatic carbocycles. The van der Waals surface area contributed by atoms with Gasteiger partial charge in [-0.15, -0.1) is 0 Å². The van der Waals surface area contributed by atoms with E-state index in [2.05, 4.69) is 11.8 Å². The normalized spacial score (nSPS) is 11.2. The molecule has 6 heteroatoms. The van der Waals surface area contributed by atoms with Crippen molar-refractivity contribution in [2.24, 2.45) is 0 Å². The van der Waals surface area contributed by atoms with E-state index in [0.717, 1.165) is 19.4 Å². The Morgan fingerprint density at radius 3 is 1.53 bits per heavy atom. The summed E-state index contributed by atoms with van der Waals surface area (Å²) in [4.78, 5) is 23.6. The highest BCUT2D eigenvalue weighted by Crippen LogP contribution is 2.13. The van der Waals surface area contributed by atoms with Crippen molar-refractivity contribution in [1.29, 1.82) is 0 Å². The fraction of sp³-hybridized carbons (Fsp3) is 0.923. The zero-order valence-corrected chi connectivity index (χ0v) is 22.3. The second-order valence-electron chi connectivity index (χ2n) is 10.2. The van der Waals surface area contributed by atoms with Crippen LogP contribution in [0.2, 0.25) is 0 Å². The Labute approximate surface area is 199 Å². The van der Waals surface area contributed by atoms with Crippen LogP contribution in [0.1, 0.15) is 103 Å². The highest BCUT2D eigenvalue weighted by atomic mass is 16.5. The Bertz CT molecular complexity index is 434. The molecule has 0 saturated heterocycles. The lowest BCUT2D eigenvalue weighted by molar-refractivity contribution is -0.864. The number of carbonyl (C=O) groups excluding carboxylic acids is 2. The summed E-state index contributed by atoms with van der Waals surface area (Å²) in [6, 6.07) is 0. The fourth-order valence-electron chi connectivity index (χ4n) is 3.31. The molecule has 6 nitrogen and oxygen atoms in total. The van der Waals surface area contributed by atoms with Gasteiger partial charge in [-0.25, -0.2) is 0 Å². The van der Waals surface area contributed by atoms with E-state index in [1.807, 2.05) is 14.1 Å². The zero-order chi connectivity index (χ0) is 24.7. The summed E-state index contributed by atoms with van der Waals surface area (Å²) in [5.74, 6) is -1.02. The number of hydrogen-bond donors (Lipinski definition) is 0. The molecule has 0 rings (SSSR count). The number of quaternary nitrogens is 1. The second-order valence-corrected chi connectivity index (χ2v) is 10.2. The first-order chi connectivity index (χ1) is 15.1. The van der Waals surface area contributed by atoms with Crippen LogP contribution in [-0.4, -0.2) is 76.3 Å². The Kier molecular flexibility index (Phi) is 23.8. The molecule has 0 spiro atoms. The predicted molar refractivity (Wildman–Crippen MR) is 132 cm³/mol. The third-order valence-corrected chi connectivity index (χ3v) is 5.10. The highest BCUT2D eigenvalue weighted by molar-refractivity contribution is 5.69. The molecule has 0 atom stereocenters. The predicted octanol–water partition coefficient (Wildman–Crippen LogP) is 4.41. The Morgan fingerprint density at radius 1 is 0.750 bits per heavy atom. The van der Waals surface area contributed by atoms with Crippen molar-refractivity contribution in [1.82, 2.24) is 4.90 Å². The van der Waals surface area contributed by atoms with Crippen LogP contribution in [0.25, 0.3) is 0 Å². The van der Waals surface area contributed by atoms with Gasteiger partial charge >= 0.3 is 5.97 Å². The topological polar surface area (TPSA) is 69.7 Å². The van der Waals surface area contributed by atoms with Crippen LogP contribution in [0.15, 0.2) is 0 Å². The summed E-state index contributed by atoms with van der Waals surface area (Å²) < 4.78 is 5.65. The molecule has 0 unspecified atom stereocenters. The van der Waals surface area contributed by atoms with Gasteiger partial charge in [-0.2, -0.15) is 0 Å². The third-order valence-electron chi connectivity index (χ3n) is 5.10. The van der Waals surface area contributed by atoms with Gasteiger partial charge in [0.25, 0.3) is 0 Å². The molecule has 0 aromatic rings. The lowest BCUT2D eigenvalue weighted by Crippen LogP contribution is -2.45. The third kappa shape index (κ3) is 33.5. The molecule has 0 aromatic heterocycles.